The number of nitrogens with zero attached hydrogens (tertiary/aromatic N) is 2. The summed E-state index contributed by atoms with van der Waals surface area (Å²) in [6, 6.07) is 32.8. The van der Waals surface area contributed by atoms with Crippen molar-refractivity contribution in [1.29, 1.82) is 0 Å². The number of carbonyl (C=O) groups is 1. The average Bonchev–Trinajstić information content (AvgIpc) is 3.10. The molecule has 4 aromatic rings. The molecular formula is C44H54F2N2O4. The van der Waals surface area contributed by atoms with E-state index in [9.17, 15) is 13.6 Å². The van der Waals surface area contributed by atoms with E-state index in [1.54, 1.807) is 4.90 Å². The topological polar surface area (TPSA) is 51.2 Å². The summed E-state index contributed by atoms with van der Waals surface area (Å²) in [4.78, 5) is 18.3. The quantitative estimate of drug-likeness (QED) is 0.123. The summed E-state index contributed by atoms with van der Waals surface area (Å²) in [5.74, 6) is -0.797. The van der Waals surface area contributed by atoms with Gasteiger partial charge < -0.3 is 14.2 Å². The van der Waals surface area contributed by atoms with E-state index >= 15 is 0 Å². The van der Waals surface area contributed by atoms with Gasteiger partial charge in [0.15, 0.2) is 0 Å². The monoisotopic (exact) mass is 712 g/mol. The summed E-state index contributed by atoms with van der Waals surface area (Å²) in [6.45, 7) is 11.8. The summed E-state index contributed by atoms with van der Waals surface area (Å²) < 4.78 is 49.3. The van der Waals surface area contributed by atoms with E-state index in [4.69, 9.17) is 14.2 Å². The van der Waals surface area contributed by atoms with Crippen molar-refractivity contribution in [2.24, 2.45) is 5.92 Å². The highest BCUT2D eigenvalue weighted by atomic mass is 19.1. The molecule has 0 N–H and O–H groups in total. The van der Waals surface area contributed by atoms with Crippen LogP contribution in [0.3, 0.4) is 0 Å². The van der Waals surface area contributed by atoms with Gasteiger partial charge in [-0.25, -0.2) is 13.6 Å². The lowest BCUT2D eigenvalue weighted by atomic mass is 9.91. The van der Waals surface area contributed by atoms with E-state index in [1.165, 1.54) is 12.1 Å². The Kier molecular flexibility index (Phi) is 14.0. The van der Waals surface area contributed by atoms with E-state index in [0.29, 0.717) is 31.1 Å². The molecule has 1 fully saturated rings. The lowest BCUT2D eigenvalue weighted by Crippen LogP contribution is -2.63. The third kappa shape index (κ3) is 12.0. The zero-order valence-electron chi connectivity index (χ0n) is 31.2. The molecule has 0 radical (unpaired) electrons. The van der Waals surface area contributed by atoms with Crippen molar-refractivity contribution in [2.45, 2.75) is 103 Å². The number of hydrogen-bond acceptors (Lipinski definition) is 5. The van der Waals surface area contributed by atoms with Crippen molar-refractivity contribution in [3.8, 4) is 0 Å². The fourth-order valence-corrected chi connectivity index (χ4v) is 6.82. The fraction of sp³-hybridized carbons (Fsp3) is 0.432. The number of rotatable bonds is 15. The van der Waals surface area contributed by atoms with Crippen LogP contribution < -0.4 is 0 Å². The highest BCUT2D eigenvalue weighted by molar-refractivity contribution is 5.69. The minimum absolute atomic E-state index is 0.165. The number of benzene rings is 4. The second-order valence-corrected chi connectivity index (χ2v) is 15.3. The number of carbonyl (C=O) groups excluding carboxylic acids is 1. The molecular weight excluding hydrogens is 658 g/mol. The molecule has 0 aromatic heterocycles. The van der Waals surface area contributed by atoms with Gasteiger partial charge in [-0.05, 0) is 80.3 Å². The Labute approximate surface area is 308 Å². The Balaban J connectivity index is 1.63. The molecule has 0 unspecified atom stereocenters. The Hall–Kier alpha value is -4.11. The molecule has 1 aliphatic rings. The van der Waals surface area contributed by atoms with E-state index in [0.717, 1.165) is 35.6 Å². The molecule has 52 heavy (non-hydrogen) atoms. The number of hydrogen-bond donors (Lipinski definition) is 0. The predicted octanol–water partition coefficient (Wildman–Crippen LogP) is 9.60. The standard InChI is InChI=1S/C44H54F2N2O4/c1-32(2)21-22-39-29-48(43(49)52-44(3,4)5)41(31-50-39)42(51-30-35-19-13-8-14-20-35)40(25-36-23-37(45)26-38(46)24-36)47(27-33-15-9-6-10-16-33)28-34-17-11-7-12-18-34/h6-20,23-24,26,32,39-42H,21-22,25,27-31H2,1-5H3/t39-,40-,41+,42-/m0/s1. The van der Waals surface area contributed by atoms with Crippen LogP contribution in [0.1, 0.15) is 69.7 Å². The molecule has 6 nitrogen and oxygen atoms in total. The first-order valence-electron chi connectivity index (χ1n) is 18.5. The van der Waals surface area contributed by atoms with E-state index in [2.05, 4.69) is 43.0 Å². The second-order valence-electron chi connectivity index (χ2n) is 15.3. The number of morpholine rings is 1. The van der Waals surface area contributed by atoms with Crippen LogP contribution >= 0.6 is 0 Å². The van der Waals surface area contributed by atoms with E-state index in [-0.39, 0.29) is 25.7 Å². The first-order valence-corrected chi connectivity index (χ1v) is 18.5. The number of halogens is 2. The van der Waals surface area contributed by atoms with Gasteiger partial charge in [0.25, 0.3) is 0 Å². The molecule has 5 rings (SSSR count). The highest BCUT2D eigenvalue weighted by Gasteiger charge is 2.44. The summed E-state index contributed by atoms with van der Waals surface area (Å²) in [7, 11) is 0. The third-order valence-corrected chi connectivity index (χ3v) is 9.33. The predicted molar refractivity (Wildman–Crippen MR) is 202 cm³/mol. The van der Waals surface area contributed by atoms with Crippen molar-refractivity contribution in [1.82, 2.24) is 9.80 Å². The van der Waals surface area contributed by atoms with Crippen LogP contribution in [-0.2, 0) is 40.3 Å². The van der Waals surface area contributed by atoms with Crippen molar-refractivity contribution in [2.75, 3.05) is 13.2 Å². The molecule has 1 aliphatic heterocycles. The van der Waals surface area contributed by atoms with Crippen molar-refractivity contribution < 1.29 is 27.8 Å². The molecule has 1 heterocycles. The van der Waals surface area contributed by atoms with Gasteiger partial charge in [0.05, 0.1) is 38.0 Å². The Morgan fingerprint density at radius 3 is 1.88 bits per heavy atom. The van der Waals surface area contributed by atoms with Crippen molar-refractivity contribution in [3.05, 3.63) is 143 Å². The van der Waals surface area contributed by atoms with Gasteiger partial charge in [-0.15, -0.1) is 0 Å². The van der Waals surface area contributed by atoms with Crippen LogP contribution in [0.4, 0.5) is 13.6 Å². The van der Waals surface area contributed by atoms with Gasteiger partial charge in [0.1, 0.15) is 17.2 Å². The van der Waals surface area contributed by atoms with Crippen LogP contribution in [0.2, 0.25) is 0 Å². The molecule has 0 spiro atoms. The van der Waals surface area contributed by atoms with Gasteiger partial charge in [-0.2, -0.15) is 0 Å². The van der Waals surface area contributed by atoms with Gasteiger partial charge in [-0.3, -0.25) is 9.80 Å². The summed E-state index contributed by atoms with van der Waals surface area (Å²) in [5.41, 5.74) is 2.90. The Morgan fingerprint density at radius 1 is 0.827 bits per heavy atom. The summed E-state index contributed by atoms with van der Waals surface area (Å²) in [5, 5.41) is 0. The molecule has 0 bridgehead atoms. The maximum atomic E-state index is 14.8. The average molecular weight is 713 g/mol. The maximum absolute atomic E-state index is 14.8. The number of amides is 1. The molecule has 278 valence electrons. The smallest absolute Gasteiger partial charge is 0.410 e. The molecule has 4 aromatic carbocycles. The first kappa shape index (κ1) is 39.1. The van der Waals surface area contributed by atoms with Gasteiger partial charge >= 0.3 is 6.09 Å². The summed E-state index contributed by atoms with van der Waals surface area (Å²) >= 11 is 0. The minimum atomic E-state index is -0.723. The fourth-order valence-electron chi connectivity index (χ4n) is 6.82. The van der Waals surface area contributed by atoms with Gasteiger partial charge in [0.2, 0.25) is 0 Å². The van der Waals surface area contributed by atoms with Gasteiger partial charge in [0, 0.05) is 25.2 Å². The zero-order valence-corrected chi connectivity index (χ0v) is 31.2. The lowest BCUT2D eigenvalue weighted by Gasteiger charge is -2.47. The highest BCUT2D eigenvalue weighted by Crippen LogP contribution is 2.30. The van der Waals surface area contributed by atoms with Crippen LogP contribution in [0.15, 0.2) is 109 Å². The maximum Gasteiger partial charge on any atom is 0.410 e. The van der Waals surface area contributed by atoms with Crippen molar-refractivity contribution >= 4 is 6.09 Å². The molecule has 8 heteroatoms. The minimum Gasteiger partial charge on any atom is -0.444 e. The second kappa shape index (κ2) is 18.6. The van der Waals surface area contributed by atoms with Crippen LogP contribution in [0.5, 0.6) is 0 Å². The van der Waals surface area contributed by atoms with Crippen LogP contribution in [-0.4, -0.2) is 58.9 Å². The molecule has 0 aliphatic carbocycles. The summed E-state index contributed by atoms with van der Waals surface area (Å²) in [6.07, 6.45) is 0.764. The molecule has 4 atom stereocenters. The molecule has 1 saturated heterocycles. The van der Waals surface area contributed by atoms with Crippen molar-refractivity contribution in [3.63, 3.8) is 0 Å². The Morgan fingerprint density at radius 2 is 1.37 bits per heavy atom. The number of ether oxygens (including phenoxy) is 3. The first-order chi connectivity index (χ1) is 24.9. The molecule has 0 saturated carbocycles. The van der Waals surface area contributed by atoms with Crippen LogP contribution in [0.25, 0.3) is 0 Å². The lowest BCUT2D eigenvalue weighted by molar-refractivity contribution is -0.137. The zero-order chi connectivity index (χ0) is 37.1. The third-order valence-electron chi connectivity index (χ3n) is 9.33. The normalized spacial score (nSPS) is 17.7. The Bertz CT molecular complexity index is 1600. The van der Waals surface area contributed by atoms with Gasteiger partial charge in [-0.1, -0.05) is 105 Å². The van der Waals surface area contributed by atoms with E-state index < -0.39 is 41.5 Å². The SMILES string of the molecule is CC(C)CC[C@H]1CN(C(=O)OC(C)(C)C)[C@@H]([C@@H](OCc2ccccc2)[C@H](Cc2cc(F)cc(F)c2)N(Cc2ccccc2)Cc2ccccc2)CO1. The molecule has 1 amide bonds. The van der Waals surface area contributed by atoms with Crippen LogP contribution in [0, 0.1) is 17.6 Å². The largest absolute Gasteiger partial charge is 0.444 e. The van der Waals surface area contributed by atoms with E-state index in [1.807, 2.05) is 87.5 Å².